The summed E-state index contributed by atoms with van der Waals surface area (Å²) in [4.78, 5) is 32.8. The summed E-state index contributed by atoms with van der Waals surface area (Å²) in [5.74, 6) is 0.126. The monoisotopic (exact) mass is 411 g/mol. The van der Waals surface area contributed by atoms with Gasteiger partial charge in [0.25, 0.3) is 5.91 Å². The minimum Gasteiger partial charge on any atom is -0.369 e. The van der Waals surface area contributed by atoms with Gasteiger partial charge < -0.3 is 27.4 Å². The summed E-state index contributed by atoms with van der Waals surface area (Å²) < 4.78 is 0. The van der Waals surface area contributed by atoms with Gasteiger partial charge in [-0.3, -0.25) is 9.59 Å². The first-order chi connectivity index (χ1) is 14.5. The Morgan fingerprint density at radius 3 is 2.63 bits per heavy atom. The van der Waals surface area contributed by atoms with Gasteiger partial charge in [-0.15, -0.1) is 0 Å². The van der Waals surface area contributed by atoms with Gasteiger partial charge in [0.2, 0.25) is 11.9 Å². The summed E-state index contributed by atoms with van der Waals surface area (Å²) in [7, 11) is 0. The molecule has 1 aromatic heterocycles. The van der Waals surface area contributed by atoms with E-state index in [0.717, 1.165) is 32.1 Å². The van der Waals surface area contributed by atoms with Crippen LogP contribution < -0.4 is 27.4 Å². The number of nitrogens with one attached hydrogen (secondary N) is 3. The maximum Gasteiger partial charge on any atom is 0.256 e. The van der Waals surface area contributed by atoms with Crippen molar-refractivity contribution in [1.29, 1.82) is 0 Å². The molecule has 9 nitrogen and oxygen atoms in total. The van der Waals surface area contributed by atoms with Crippen molar-refractivity contribution < 1.29 is 9.59 Å². The molecule has 30 heavy (non-hydrogen) atoms. The van der Waals surface area contributed by atoms with Crippen LogP contribution in [0.1, 0.15) is 59.7 Å². The number of hydrogen-bond acceptors (Lipinski definition) is 7. The molecule has 7 N–H and O–H groups in total. The van der Waals surface area contributed by atoms with Crippen LogP contribution in [0, 0.1) is 0 Å². The van der Waals surface area contributed by atoms with E-state index in [2.05, 4.69) is 25.9 Å². The van der Waals surface area contributed by atoms with Gasteiger partial charge in [-0.05, 0) is 56.4 Å². The van der Waals surface area contributed by atoms with Gasteiger partial charge >= 0.3 is 0 Å². The molecule has 1 heterocycles. The lowest BCUT2D eigenvalue weighted by atomic mass is 9.91. The topological polar surface area (TPSA) is 148 Å². The second-order valence-electron chi connectivity index (χ2n) is 7.55. The Labute approximate surface area is 176 Å². The van der Waals surface area contributed by atoms with Crippen LogP contribution in [0.15, 0.2) is 30.5 Å². The Morgan fingerprint density at radius 1 is 1.20 bits per heavy atom. The van der Waals surface area contributed by atoms with E-state index >= 15 is 0 Å². The first-order valence-electron chi connectivity index (χ1n) is 10.3. The number of anilines is 3. The van der Waals surface area contributed by atoms with Gasteiger partial charge in [-0.1, -0.05) is 6.92 Å². The normalized spacial score (nSPS) is 18.5. The number of rotatable bonds is 8. The van der Waals surface area contributed by atoms with E-state index in [9.17, 15) is 9.59 Å². The molecule has 0 spiro atoms. The molecular formula is C21H29N7O2. The van der Waals surface area contributed by atoms with Crippen molar-refractivity contribution in [2.75, 3.05) is 17.2 Å². The average molecular weight is 412 g/mol. The van der Waals surface area contributed by atoms with Crippen LogP contribution in [0.2, 0.25) is 0 Å². The second kappa shape index (κ2) is 10.0. The number of nitrogens with two attached hydrogens (primary N) is 2. The Morgan fingerprint density at radius 2 is 1.97 bits per heavy atom. The van der Waals surface area contributed by atoms with Crippen LogP contribution in [-0.4, -0.2) is 40.4 Å². The zero-order valence-electron chi connectivity index (χ0n) is 17.1. The third-order valence-electron chi connectivity index (χ3n) is 5.05. The zero-order valence-corrected chi connectivity index (χ0v) is 17.1. The minimum atomic E-state index is -0.488. The number of hydrogen-bond donors (Lipinski definition) is 5. The summed E-state index contributed by atoms with van der Waals surface area (Å²) in [5.41, 5.74) is 12.8. The highest BCUT2D eigenvalue weighted by molar-refractivity contribution is 5.99. The lowest BCUT2D eigenvalue weighted by molar-refractivity contribution is 0.0925. The number of carbonyl (C=O) groups excluding carboxylic acids is 2. The second-order valence-corrected chi connectivity index (χ2v) is 7.55. The number of nitrogens with zero attached hydrogens (tertiary/aromatic N) is 2. The molecule has 0 bridgehead atoms. The van der Waals surface area contributed by atoms with Crippen LogP contribution in [0.25, 0.3) is 0 Å². The molecule has 9 heteroatoms. The molecular weight excluding hydrogens is 382 g/mol. The fourth-order valence-electron chi connectivity index (χ4n) is 3.46. The standard InChI is InChI=1S/C21H29N7O2/c1-2-10-24-19-17(20(30)26-16-5-3-4-14(22)11-16)12-25-21(28-19)27-15-8-6-13(7-9-15)18(23)29/h6-9,12,14,16H,2-5,10-11,22H2,1H3,(H2,23,29)(H,26,30)(H2,24,25,27,28). The fourth-order valence-corrected chi connectivity index (χ4v) is 3.46. The molecule has 1 aliphatic rings. The minimum absolute atomic E-state index is 0.0712. The zero-order chi connectivity index (χ0) is 21.5. The van der Waals surface area contributed by atoms with E-state index in [4.69, 9.17) is 11.5 Å². The van der Waals surface area contributed by atoms with Crippen molar-refractivity contribution in [2.45, 2.75) is 51.1 Å². The highest BCUT2D eigenvalue weighted by Gasteiger charge is 2.23. The molecule has 2 unspecified atom stereocenters. The van der Waals surface area contributed by atoms with E-state index in [0.29, 0.717) is 35.1 Å². The molecule has 160 valence electrons. The number of benzene rings is 1. The van der Waals surface area contributed by atoms with Gasteiger partial charge in [0.15, 0.2) is 0 Å². The fraction of sp³-hybridized carbons (Fsp3) is 0.429. The molecule has 1 aromatic carbocycles. The third kappa shape index (κ3) is 5.66. The lowest BCUT2D eigenvalue weighted by Crippen LogP contribution is -2.42. The van der Waals surface area contributed by atoms with Crippen LogP contribution in [0.3, 0.4) is 0 Å². The quantitative estimate of drug-likeness (QED) is 0.447. The molecule has 0 aliphatic heterocycles. The maximum absolute atomic E-state index is 12.8. The summed E-state index contributed by atoms with van der Waals surface area (Å²) >= 11 is 0. The first-order valence-corrected chi connectivity index (χ1v) is 10.3. The first kappa shape index (κ1) is 21.5. The summed E-state index contributed by atoms with van der Waals surface area (Å²) in [6.07, 6.45) is 6.13. The predicted octanol–water partition coefficient (Wildman–Crippen LogP) is 2.14. The molecule has 2 atom stereocenters. The summed E-state index contributed by atoms with van der Waals surface area (Å²) in [6.45, 7) is 2.72. The summed E-state index contributed by atoms with van der Waals surface area (Å²) in [6, 6.07) is 6.88. The Balaban J connectivity index is 1.75. The molecule has 0 saturated heterocycles. The van der Waals surface area contributed by atoms with Crippen molar-refractivity contribution in [3.05, 3.63) is 41.6 Å². The van der Waals surface area contributed by atoms with E-state index in [1.165, 1.54) is 6.20 Å². The van der Waals surface area contributed by atoms with Crippen molar-refractivity contribution in [3.8, 4) is 0 Å². The molecule has 2 amide bonds. The number of primary amides is 1. The summed E-state index contributed by atoms with van der Waals surface area (Å²) in [5, 5.41) is 9.35. The van der Waals surface area contributed by atoms with Crippen LogP contribution in [0.4, 0.5) is 17.5 Å². The third-order valence-corrected chi connectivity index (χ3v) is 5.05. The smallest absolute Gasteiger partial charge is 0.256 e. The van der Waals surface area contributed by atoms with Gasteiger partial charge in [-0.2, -0.15) is 4.98 Å². The van der Waals surface area contributed by atoms with E-state index in [-0.39, 0.29) is 18.0 Å². The number of carbonyl (C=O) groups is 2. The van der Waals surface area contributed by atoms with Crippen LogP contribution >= 0.6 is 0 Å². The lowest BCUT2D eigenvalue weighted by Gasteiger charge is -2.27. The van der Waals surface area contributed by atoms with Gasteiger partial charge in [0.1, 0.15) is 11.4 Å². The molecule has 1 aliphatic carbocycles. The molecule has 1 saturated carbocycles. The maximum atomic E-state index is 12.8. The average Bonchev–Trinajstić information content (AvgIpc) is 2.72. The highest BCUT2D eigenvalue weighted by Crippen LogP contribution is 2.21. The SMILES string of the molecule is CCCNc1nc(Nc2ccc(C(N)=O)cc2)ncc1C(=O)NC1CCCC(N)C1. The molecule has 3 rings (SSSR count). The predicted molar refractivity (Wildman–Crippen MR) is 117 cm³/mol. The van der Waals surface area contributed by atoms with Crippen molar-refractivity contribution in [2.24, 2.45) is 11.5 Å². The Kier molecular flexibility index (Phi) is 7.18. The molecule has 2 aromatic rings. The Bertz CT molecular complexity index is 885. The van der Waals surface area contributed by atoms with E-state index < -0.39 is 5.91 Å². The van der Waals surface area contributed by atoms with E-state index in [1.54, 1.807) is 24.3 Å². The largest absolute Gasteiger partial charge is 0.369 e. The van der Waals surface area contributed by atoms with Gasteiger partial charge in [0, 0.05) is 36.1 Å². The number of amides is 2. The van der Waals surface area contributed by atoms with Crippen LogP contribution in [-0.2, 0) is 0 Å². The van der Waals surface area contributed by atoms with Crippen molar-refractivity contribution in [1.82, 2.24) is 15.3 Å². The van der Waals surface area contributed by atoms with Gasteiger partial charge in [-0.25, -0.2) is 4.98 Å². The van der Waals surface area contributed by atoms with Gasteiger partial charge in [0.05, 0.1) is 0 Å². The van der Waals surface area contributed by atoms with Crippen molar-refractivity contribution >= 4 is 29.3 Å². The highest BCUT2D eigenvalue weighted by atomic mass is 16.2. The van der Waals surface area contributed by atoms with E-state index in [1.807, 2.05) is 6.92 Å². The van der Waals surface area contributed by atoms with Crippen molar-refractivity contribution in [3.63, 3.8) is 0 Å². The van der Waals surface area contributed by atoms with Crippen LogP contribution in [0.5, 0.6) is 0 Å². The molecule has 1 fully saturated rings. The molecule has 0 radical (unpaired) electrons. The Hall–Kier alpha value is -3.20. The number of aromatic nitrogens is 2.